The first-order valence-electron chi connectivity index (χ1n) is 7.48. The number of fused-ring (bicyclic) bond motifs is 2. The summed E-state index contributed by atoms with van der Waals surface area (Å²) in [5.41, 5.74) is 4.25. The second kappa shape index (κ2) is 5.48. The number of amides is 1. The number of carbonyl (C=O) groups is 1. The predicted molar refractivity (Wildman–Crippen MR) is 93.3 cm³/mol. The van der Waals surface area contributed by atoms with Crippen molar-refractivity contribution >= 4 is 43.9 Å². The second-order valence-corrected chi connectivity index (χ2v) is 7.70. The van der Waals surface area contributed by atoms with Gasteiger partial charge in [0.25, 0.3) is 5.91 Å². The number of aromatic nitrogens is 1. The maximum absolute atomic E-state index is 12.6. The number of aryl methyl sites for hydroxylation is 2. The maximum Gasteiger partial charge on any atom is 0.258 e. The third-order valence-corrected chi connectivity index (χ3v) is 6.09. The van der Waals surface area contributed by atoms with Gasteiger partial charge in [-0.15, -0.1) is 11.3 Å². The van der Waals surface area contributed by atoms with E-state index >= 15 is 0 Å². The van der Waals surface area contributed by atoms with Crippen LogP contribution >= 0.6 is 22.7 Å². The Hall–Kier alpha value is -1.72. The molecule has 4 rings (SSSR count). The van der Waals surface area contributed by atoms with Gasteiger partial charge in [0.05, 0.1) is 15.8 Å². The predicted octanol–water partition coefficient (Wildman–Crippen LogP) is 4.80. The molecule has 2 aromatic heterocycles. The Morgan fingerprint density at radius 1 is 1.27 bits per heavy atom. The Bertz CT molecular complexity index is 863. The van der Waals surface area contributed by atoms with Crippen molar-refractivity contribution in [1.29, 1.82) is 0 Å². The Morgan fingerprint density at radius 2 is 2.14 bits per heavy atom. The summed E-state index contributed by atoms with van der Waals surface area (Å²) >= 11 is 3.25. The molecule has 22 heavy (non-hydrogen) atoms. The molecule has 1 aliphatic carbocycles. The van der Waals surface area contributed by atoms with Gasteiger partial charge in [-0.2, -0.15) is 0 Å². The highest BCUT2D eigenvalue weighted by atomic mass is 32.1. The van der Waals surface area contributed by atoms with Gasteiger partial charge in [-0.25, -0.2) is 4.98 Å². The van der Waals surface area contributed by atoms with Crippen molar-refractivity contribution in [2.24, 2.45) is 0 Å². The number of hydrogen-bond donors (Lipinski definition) is 1. The van der Waals surface area contributed by atoms with Gasteiger partial charge in [0.2, 0.25) is 0 Å². The summed E-state index contributed by atoms with van der Waals surface area (Å²) in [7, 11) is 0. The van der Waals surface area contributed by atoms with E-state index in [1.54, 1.807) is 11.3 Å². The molecule has 0 fully saturated rings. The molecule has 0 saturated heterocycles. The average molecular weight is 328 g/mol. The van der Waals surface area contributed by atoms with Crippen LogP contribution in [0.3, 0.4) is 0 Å². The standard InChI is InChI=1S/C17H16N2OS2/c1-10-6-7-13-15(8-10)22-17(18-13)19-16(20)12-9-21-14-5-3-2-4-11(12)14/h6-9H,2-5H2,1H3,(H,18,19,20). The van der Waals surface area contributed by atoms with Crippen molar-refractivity contribution in [1.82, 2.24) is 4.98 Å². The van der Waals surface area contributed by atoms with E-state index in [0.717, 1.165) is 28.6 Å². The van der Waals surface area contributed by atoms with Crippen LogP contribution in [0.2, 0.25) is 0 Å². The zero-order valence-electron chi connectivity index (χ0n) is 12.3. The van der Waals surface area contributed by atoms with Gasteiger partial charge in [-0.05, 0) is 55.9 Å². The summed E-state index contributed by atoms with van der Waals surface area (Å²) in [6.07, 6.45) is 4.57. The number of thiazole rings is 1. The van der Waals surface area contributed by atoms with Crippen LogP contribution in [0.15, 0.2) is 23.6 Å². The Labute approximate surface area is 137 Å². The molecule has 0 saturated carbocycles. The van der Waals surface area contributed by atoms with Gasteiger partial charge in [0.15, 0.2) is 5.13 Å². The summed E-state index contributed by atoms with van der Waals surface area (Å²) in [5.74, 6) is -0.0184. The van der Waals surface area contributed by atoms with E-state index in [4.69, 9.17) is 0 Å². The number of nitrogens with one attached hydrogen (secondary N) is 1. The monoisotopic (exact) mass is 328 g/mol. The second-order valence-electron chi connectivity index (χ2n) is 5.70. The van der Waals surface area contributed by atoms with Gasteiger partial charge < -0.3 is 0 Å². The van der Waals surface area contributed by atoms with E-state index in [9.17, 15) is 4.79 Å². The first-order chi connectivity index (χ1) is 10.7. The highest BCUT2D eigenvalue weighted by Crippen LogP contribution is 2.32. The first kappa shape index (κ1) is 13.9. The van der Waals surface area contributed by atoms with Crippen molar-refractivity contribution in [2.75, 3.05) is 5.32 Å². The summed E-state index contributed by atoms with van der Waals surface area (Å²) in [4.78, 5) is 18.4. The molecular formula is C17H16N2OS2. The molecule has 0 unspecified atom stereocenters. The van der Waals surface area contributed by atoms with Crippen molar-refractivity contribution in [3.63, 3.8) is 0 Å². The van der Waals surface area contributed by atoms with E-state index in [1.807, 2.05) is 17.5 Å². The molecule has 0 aliphatic heterocycles. The van der Waals surface area contributed by atoms with Crippen LogP contribution < -0.4 is 5.32 Å². The highest BCUT2D eigenvalue weighted by Gasteiger charge is 2.20. The molecule has 3 aromatic rings. The number of nitrogens with zero attached hydrogens (tertiary/aromatic N) is 1. The van der Waals surface area contributed by atoms with Crippen LogP contribution in [-0.4, -0.2) is 10.9 Å². The molecule has 0 bridgehead atoms. The number of benzene rings is 1. The topological polar surface area (TPSA) is 42.0 Å². The van der Waals surface area contributed by atoms with Gasteiger partial charge in [-0.3, -0.25) is 10.1 Å². The van der Waals surface area contributed by atoms with Crippen LogP contribution in [0, 0.1) is 6.92 Å². The lowest BCUT2D eigenvalue weighted by atomic mass is 9.96. The minimum atomic E-state index is -0.0184. The molecule has 3 nitrogen and oxygen atoms in total. The average Bonchev–Trinajstić information content (AvgIpc) is 3.09. The van der Waals surface area contributed by atoms with Crippen molar-refractivity contribution < 1.29 is 4.79 Å². The van der Waals surface area contributed by atoms with Gasteiger partial charge in [0.1, 0.15) is 0 Å². The molecule has 5 heteroatoms. The van der Waals surface area contributed by atoms with Gasteiger partial charge >= 0.3 is 0 Å². The third kappa shape index (κ3) is 2.44. The molecule has 0 spiro atoms. The largest absolute Gasteiger partial charge is 0.298 e. The molecule has 1 amide bonds. The van der Waals surface area contributed by atoms with Crippen LogP contribution in [0.25, 0.3) is 10.2 Å². The van der Waals surface area contributed by atoms with Crippen LogP contribution in [0.1, 0.15) is 39.2 Å². The Morgan fingerprint density at radius 3 is 3.05 bits per heavy atom. The van der Waals surface area contributed by atoms with E-state index in [-0.39, 0.29) is 5.91 Å². The summed E-state index contributed by atoms with van der Waals surface area (Å²) in [6.45, 7) is 2.06. The smallest absolute Gasteiger partial charge is 0.258 e. The molecule has 1 aliphatic rings. The summed E-state index contributed by atoms with van der Waals surface area (Å²) < 4.78 is 1.11. The van der Waals surface area contributed by atoms with Gasteiger partial charge in [-0.1, -0.05) is 17.4 Å². The number of hydrogen-bond acceptors (Lipinski definition) is 4. The Kier molecular flexibility index (Phi) is 3.47. The molecule has 2 heterocycles. The van der Waals surface area contributed by atoms with E-state index < -0.39 is 0 Å². The molecule has 1 aromatic carbocycles. The van der Waals surface area contributed by atoms with Crippen molar-refractivity contribution in [2.45, 2.75) is 32.6 Å². The first-order valence-corrected chi connectivity index (χ1v) is 9.18. The fourth-order valence-electron chi connectivity index (χ4n) is 2.93. The lowest BCUT2D eigenvalue weighted by molar-refractivity contribution is 0.102. The fraction of sp³-hybridized carbons (Fsp3) is 0.294. The Balaban J connectivity index is 1.61. The quantitative estimate of drug-likeness (QED) is 0.734. The van der Waals surface area contributed by atoms with Crippen LogP contribution in [0.4, 0.5) is 5.13 Å². The zero-order chi connectivity index (χ0) is 15.1. The molecule has 0 radical (unpaired) electrons. The SMILES string of the molecule is Cc1ccc2nc(NC(=O)c3csc4c3CCCC4)sc2c1. The normalized spacial score (nSPS) is 14.0. The fourth-order valence-corrected chi connectivity index (χ4v) is 5.02. The molecular weight excluding hydrogens is 312 g/mol. The lowest BCUT2D eigenvalue weighted by Crippen LogP contribution is -2.14. The lowest BCUT2D eigenvalue weighted by Gasteiger charge is -2.12. The van der Waals surface area contributed by atoms with E-state index in [1.165, 1.54) is 40.2 Å². The van der Waals surface area contributed by atoms with Crippen molar-refractivity contribution in [3.8, 4) is 0 Å². The molecule has 112 valence electrons. The zero-order valence-corrected chi connectivity index (χ0v) is 13.9. The summed E-state index contributed by atoms with van der Waals surface area (Å²) in [5, 5.41) is 5.66. The molecule has 0 atom stereocenters. The van der Waals surface area contributed by atoms with Crippen LogP contribution in [0.5, 0.6) is 0 Å². The summed E-state index contributed by atoms with van der Waals surface area (Å²) in [6, 6.07) is 6.15. The minimum Gasteiger partial charge on any atom is -0.298 e. The van der Waals surface area contributed by atoms with Crippen LogP contribution in [-0.2, 0) is 12.8 Å². The maximum atomic E-state index is 12.6. The minimum absolute atomic E-state index is 0.0184. The number of anilines is 1. The van der Waals surface area contributed by atoms with Crippen molar-refractivity contribution in [3.05, 3.63) is 45.1 Å². The number of rotatable bonds is 2. The molecule has 1 N–H and O–H groups in total. The van der Waals surface area contributed by atoms with Gasteiger partial charge in [0, 0.05) is 10.3 Å². The number of thiophene rings is 1. The van der Waals surface area contributed by atoms with E-state index in [2.05, 4.69) is 23.3 Å². The number of carbonyl (C=O) groups excluding carboxylic acids is 1. The highest BCUT2D eigenvalue weighted by molar-refractivity contribution is 7.22. The third-order valence-electron chi connectivity index (χ3n) is 4.07. The van der Waals surface area contributed by atoms with E-state index in [0.29, 0.717) is 5.13 Å².